The van der Waals surface area contributed by atoms with Gasteiger partial charge in [-0.15, -0.1) is 0 Å². The predicted molar refractivity (Wildman–Crippen MR) is 140 cm³/mol. The minimum Gasteiger partial charge on any atom is -0.311 e. The lowest BCUT2D eigenvalue weighted by atomic mass is 9.48. The quantitative estimate of drug-likeness (QED) is 0.453. The zero-order chi connectivity index (χ0) is 22.7. The third-order valence-electron chi connectivity index (χ3n) is 9.69. The first-order chi connectivity index (χ1) is 16.6. The maximum atomic E-state index is 13.6. The highest BCUT2D eigenvalue weighted by molar-refractivity contribution is 8.01. The molecule has 2 aliphatic heterocycles. The molecule has 0 radical (unpaired) electrons. The Morgan fingerprint density at radius 3 is 2.18 bits per heavy atom. The smallest absolute Gasteiger partial charge is 0.152 e. The van der Waals surface area contributed by atoms with Crippen molar-refractivity contribution in [2.45, 2.75) is 56.3 Å². The Hall–Kier alpha value is -1.78. The molecule has 6 aliphatic rings. The van der Waals surface area contributed by atoms with E-state index in [1.165, 1.54) is 73.1 Å². The number of hydrogen-bond acceptors (Lipinski definition) is 4. The van der Waals surface area contributed by atoms with Crippen LogP contribution < -0.4 is 4.31 Å². The molecule has 0 atom stereocenters. The van der Waals surface area contributed by atoms with Gasteiger partial charge in [-0.25, -0.2) is 0 Å². The van der Waals surface area contributed by atoms with Crippen LogP contribution in [0.25, 0.3) is 11.1 Å². The lowest BCUT2D eigenvalue weighted by Gasteiger charge is -2.56. The Kier molecular flexibility index (Phi) is 5.32. The zero-order valence-corrected chi connectivity index (χ0v) is 20.9. The van der Waals surface area contributed by atoms with Gasteiger partial charge in [0.25, 0.3) is 0 Å². The van der Waals surface area contributed by atoms with Crippen molar-refractivity contribution in [1.82, 2.24) is 4.90 Å². The molecule has 2 heterocycles. The first-order valence-corrected chi connectivity index (χ1v) is 14.3. The van der Waals surface area contributed by atoms with Crippen molar-refractivity contribution in [3.05, 3.63) is 48.5 Å². The van der Waals surface area contributed by atoms with E-state index in [4.69, 9.17) is 0 Å². The number of Topliss-reactive ketones (excluding diaryl/α,β-unsaturated/α-hetero) is 1. The van der Waals surface area contributed by atoms with Crippen LogP contribution in [0.15, 0.2) is 53.4 Å². The summed E-state index contributed by atoms with van der Waals surface area (Å²) in [6, 6.07) is 17.7. The van der Waals surface area contributed by atoms with E-state index in [0.717, 1.165) is 37.4 Å². The van der Waals surface area contributed by atoms with Gasteiger partial charge in [-0.05, 0) is 118 Å². The zero-order valence-electron chi connectivity index (χ0n) is 20.1. The van der Waals surface area contributed by atoms with Gasteiger partial charge < -0.3 is 4.31 Å². The van der Waals surface area contributed by atoms with Crippen LogP contribution in [-0.4, -0.2) is 36.9 Å². The molecule has 178 valence electrons. The Labute approximate surface area is 208 Å². The summed E-state index contributed by atoms with van der Waals surface area (Å²) in [5.74, 6) is 3.86. The number of anilines is 1. The molecule has 4 saturated carbocycles. The van der Waals surface area contributed by atoms with E-state index < -0.39 is 0 Å². The van der Waals surface area contributed by atoms with Crippen molar-refractivity contribution in [3.8, 4) is 11.1 Å². The van der Waals surface area contributed by atoms with Crippen LogP contribution in [0.2, 0.25) is 0 Å². The minimum atomic E-state index is 0.0626. The summed E-state index contributed by atoms with van der Waals surface area (Å²) in [7, 11) is 0. The molecule has 0 unspecified atom stereocenters. The maximum absolute atomic E-state index is 13.6. The normalized spacial score (nSPS) is 32.5. The number of benzene rings is 2. The monoisotopic (exact) mass is 472 g/mol. The molecule has 4 bridgehead atoms. The first kappa shape index (κ1) is 21.5. The standard InChI is InChI=1S/C30H36N2OS/c33-29(30-16-22-13-23(17-30)15-24(14-22)18-30)20-31-11-9-21(10-12-31)19-32-27-7-3-1-5-25(27)26-6-2-4-8-28(26)34-32/h1-8,21-24H,9-20H2. The number of para-hydroxylation sites is 1. The molecule has 2 aromatic carbocycles. The summed E-state index contributed by atoms with van der Waals surface area (Å²) in [4.78, 5) is 17.4. The number of fused-ring (bicyclic) bond motifs is 3. The van der Waals surface area contributed by atoms with Gasteiger partial charge in [0.1, 0.15) is 0 Å². The molecular weight excluding hydrogens is 436 g/mol. The molecule has 8 rings (SSSR count). The Morgan fingerprint density at radius 2 is 1.47 bits per heavy atom. The minimum absolute atomic E-state index is 0.0626. The summed E-state index contributed by atoms with van der Waals surface area (Å²) in [6.45, 7) is 3.97. The summed E-state index contributed by atoms with van der Waals surface area (Å²) in [5.41, 5.74) is 4.13. The number of carbonyl (C=O) groups is 1. The van der Waals surface area contributed by atoms with E-state index in [2.05, 4.69) is 57.7 Å². The first-order valence-electron chi connectivity index (χ1n) is 13.5. The molecule has 2 aromatic rings. The molecule has 0 aromatic heterocycles. The number of nitrogens with zero attached hydrogens (tertiary/aromatic N) is 2. The summed E-state index contributed by atoms with van der Waals surface area (Å²) < 4.78 is 2.53. The van der Waals surface area contributed by atoms with E-state index in [1.54, 1.807) is 0 Å². The third-order valence-corrected chi connectivity index (χ3v) is 10.8. The van der Waals surface area contributed by atoms with E-state index >= 15 is 0 Å². The Bertz CT molecular complexity index is 1050. The summed E-state index contributed by atoms with van der Waals surface area (Å²) in [5, 5.41) is 0. The molecule has 4 aliphatic carbocycles. The van der Waals surface area contributed by atoms with Crippen LogP contribution >= 0.6 is 11.9 Å². The lowest BCUT2D eigenvalue weighted by Crippen LogP contribution is -2.53. The van der Waals surface area contributed by atoms with Crippen LogP contribution in [-0.2, 0) is 4.79 Å². The maximum Gasteiger partial charge on any atom is 0.152 e. The van der Waals surface area contributed by atoms with Gasteiger partial charge in [-0.3, -0.25) is 9.69 Å². The molecule has 1 saturated heterocycles. The van der Waals surface area contributed by atoms with Gasteiger partial charge in [0.2, 0.25) is 0 Å². The molecule has 0 amide bonds. The number of likely N-dealkylation sites (tertiary alicyclic amines) is 1. The van der Waals surface area contributed by atoms with Gasteiger partial charge in [-0.2, -0.15) is 0 Å². The molecule has 0 spiro atoms. The predicted octanol–water partition coefficient (Wildman–Crippen LogP) is 6.68. The van der Waals surface area contributed by atoms with Crippen molar-refractivity contribution in [3.63, 3.8) is 0 Å². The largest absolute Gasteiger partial charge is 0.311 e. The van der Waals surface area contributed by atoms with Crippen molar-refractivity contribution in [2.24, 2.45) is 29.1 Å². The molecular formula is C30H36N2OS. The van der Waals surface area contributed by atoms with Gasteiger partial charge >= 0.3 is 0 Å². The second-order valence-electron chi connectivity index (χ2n) is 12.0. The summed E-state index contributed by atoms with van der Waals surface area (Å²) >= 11 is 1.90. The highest BCUT2D eigenvalue weighted by atomic mass is 32.2. The van der Waals surface area contributed by atoms with Gasteiger partial charge in [0.05, 0.1) is 12.2 Å². The van der Waals surface area contributed by atoms with Crippen LogP contribution in [0.5, 0.6) is 0 Å². The Balaban J connectivity index is 0.981. The van der Waals surface area contributed by atoms with E-state index in [9.17, 15) is 4.79 Å². The van der Waals surface area contributed by atoms with E-state index in [1.807, 2.05) is 11.9 Å². The number of hydrogen-bond donors (Lipinski definition) is 0. The second-order valence-corrected chi connectivity index (χ2v) is 13.1. The molecule has 4 heteroatoms. The number of rotatable bonds is 5. The second kappa shape index (κ2) is 8.41. The van der Waals surface area contributed by atoms with Crippen molar-refractivity contribution in [2.75, 3.05) is 30.5 Å². The molecule has 34 heavy (non-hydrogen) atoms. The van der Waals surface area contributed by atoms with Gasteiger partial charge in [-0.1, -0.05) is 36.4 Å². The SMILES string of the molecule is O=C(CN1CCC(CN2Sc3ccccc3-c3ccccc32)CC1)C12CC3CC(CC(C3)C1)C2. The number of piperidine rings is 1. The lowest BCUT2D eigenvalue weighted by molar-refractivity contribution is -0.145. The fourth-order valence-corrected chi connectivity index (χ4v) is 9.57. The van der Waals surface area contributed by atoms with E-state index in [-0.39, 0.29) is 5.41 Å². The topological polar surface area (TPSA) is 23.6 Å². The molecule has 3 nitrogen and oxygen atoms in total. The van der Waals surface area contributed by atoms with E-state index in [0.29, 0.717) is 18.2 Å². The van der Waals surface area contributed by atoms with Crippen LogP contribution in [0, 0.1) is 29.1 Å². The number of ketones is 1. The average molecular weight is 473 g/mol. The Morgan fingerprint density at radius 1 is 0.853 bits per heavy atom. The van der Waals surface area contributed by atoms with Gasteiger partial charge in [0, 0.05) is 22.4 Å². The third kappa shape index (κ3) is 3.73. The van der Waals surface area contributed by atoms with Crippen LogP contribution in [0.4, 0.5) is 5.69 Å². The highest BCUT2D eigenvalue weighted by Gasteiger charge is 2.54. The van der Waals surface area contributed by atoms with Gasteiger partial charge in [0.15, 0.2) is 5.78 Å². The fraction of sp³-hybridized carbons (Fsp3) is 0.567. The summed E-state index contributed by atoms with van der Waals surface area (Å²) in [6.07, 6.45) is 10.3. The van der Waals surface area contributed by atoms with Crippen LogP contribution in [0.3, 0.4) is 0 Å². The highest BCUT2D eigenvalue weighted by Crippen LogP contribution is 2.60. The van der Waals surface area contributed by atoms with Crippen molar-refractivity contribution >= 4 is 23.4 Å². The molecule has 0 N–H and O–H groups in total. The number of carbonyl (C=O) groups excluding carboxylic acids is 1. The van der Waals surface area contributed by atoms with Crippen molar-refractivity contribution < 1.29 is 4.79 Å². The fourth-order valence-electron chi connectivity index (χ4n) is 8.38. The molecule has 5 fully saturated rings. The van der Waals surface area contributed by atoms with Crippen LogP contribution in [0.1, 0.15) is 51.4 Å². The van der Waals surface area contributed by atoms with Crippen molar-refractivity contribution in [1.29, 1.82) is 0 Å². The average Bonchev–Trinajstić information content (AvgIpc) is 2.84.